The van der Waals surface area contributed by atoms with E-state index in [2.05, 4.69) is 12.2 Å². The molecule has 0 aliphatic carbocycles. The quantitative estimate of drug-likeness (QED) is 0.500. The minimum absolute atomic E-state index is 0.427. The smallest absolute Gasteiger partial charge is 0.135 e. The van der Waals surface area contributed by atoms with Crippen LogP contribution in [0.1, 0.15) is 29.1 Å². The summed E-state index contributed by atoms with van der Waals surface area (Å²) in [6.45, 7) is 2.05. The van der Waals surface area contributed by atoms with Gasteiger partial charge in [0.25, 0.3) is 0 Å². The number of rotatable bonds is 6. The standard InChI is InChI=1S/C24H25N3O2/c1-16-8-12-18(13-9-16)25-22(23(28)17-10-14-19(29-3)15-11-17)24-26-20-6-4-5-7-21(20)27(24)2/h4-15,22-23,25,28H,1-3H3/t22-,23-/m1/s1. The van der Waals surface area contributed by atoms with Gasteiger partial charge in [-0.3, -0.25) is 0 Å². The first kappa shape index (κ1) is 19.0. The van der Waals surface area contributed by atoms with Crippen molar-refractivity contribution >= 4 is 16.7 Å². The number of nitrogens with zero attached hydrogens (tertiary/aromatic N) is 2. The minimum Gasteiger partial charge on any atom is -0.497 e. The Balaban J connectivity index is 1.76. The van der Waals surface area contributed by atoms with Crippen LogP contribution in [0, 0.1) is 6.92 Å². The molecule has 2 atom stereocenters. The number of ether oxygens (including phenoxy) is 1. The van der Waals surface area contributed by atoms with Gasteiger partial charge in [-0.05, 0) is 48.9 Å². The van der Waals surface area contributed by atoms with Crippen molar-refractivity contribution in [3.05, 3.63) is 89.7 Å². The SMILES string of the molecule is COc1ccc([C@@H](O)[C@@H](Nc2ccc(C)cc2)c2nc3ccccc3n2C)cc1. The third-order valence-corrected chi connectivity index (χ3v) is 5.25. The molecule has 0 bridgehead atoms. The molecule has 0 spiro atoms. The van der Waals surface area contributed by atoms with Crippen LogP contribution in [0.2, 0.25) is 0 Å². The molecule has 1 aromatic heterocycles. The van der Waals surface area contributed by atoms with E-state index >= 15 is 0 Å². The summed E-state index contributed by atoms with van der Waals surface area (Å²) in [5, 5.41) is 14.8. The lowest BCUT2D eigenvalue weighted by molar-refractivity contribution is 0.150. The highest BCUT2D eigenvalue weighted by Crippen LogP contribution is 2.34. The van der Waals surface area contributed by atoms with Gasteiger partial charge in [0.15, 0.2) is 0 Å². The number of aromatic nitrogens is 2. The van der Waals surface area contributed by atoms with Gasteiger partial charge < -0.3 is 19.7 Å². The largest absolute Gasteiger partial charge is 0.497 e. The number of aliphatic hydroxyl groups excluding tert-OH is 1. The zero-order valence-electron chi connectivity index (χ0n) is 16.8. The Morgan fingerprint density at radius 2 is 1.66 bits per heavy atom. The minimum atomic E-state index is -0.794. The van der Waals surface area contributed by atoms with Gasteiger partial charge in [-0.1, -0.05) is 42.0 Å². The Hall–Kier alpha value is -3.31. The highest BCUT2D eigenvalue weighted by molar-refractivity contribution is 5.76. The zero-order valence-corrected chi connectivity index (χ0v) is 16.8. The summed E-state index contributed by atoms with van der Waals surface area (Å²) in [5.74, 6) is 1.53. The molecule has 0 saturated heterocycles. The lowest BCUT2D eigenvalue weighted by Crippen LogP contribution is -2.22. The van der Waals surface area contributed by atoms with E-state index in [-0.39, 0.29) is 0 Å². The molecule has 148 valence electrons. The van der Waals surface area contributed by atoms with E-state index in [0.717, 1.165) is 33.9 Å². The second kappa shape index (κ2) is 7.97. The zero-order chi connectivity index (χ0) is 20.4. The molecular weight excluding hydrogens is 362 g/mol. The van der Waals surface area contributed by atoms with Crippen LogP contribution in [0.3, 0.4) is 0 Å². The molecule has 1 heterocycles. The molecule has 0 fully saturated rings. The van der Waals surface area contributed by atoms with Gasteiger partial charge in [0, 0.05) is 12.7 Å². The lowest BCUT2D eigenvalue weighted by Gasteiger charge is -2.25. The van der Waals surface area contributed by atoms with Crippen LogP contribution in [0.25, 0.3) is 11.0 Å². The van der Waals surface area contributed by atoms with Crippen LogP contribution in [0.5, 0.6) is 5.75 Å². The summed E-state index contributed by atoms with van der Waals surface area (Å²) in [6.07, 6.45) is -0.794. The van der Waals surface area contributed by atoms with E-state index < -0.39 is 12.1 Å². The first-order chi connectivity index (χ1) is 14.1. The molecule has 0 aliphatic rings. The molecule has 0 aliphatic heterocycles. The summed E-state index contributed by atoms with van der Waals surface area (Å²) >= 11 is 0. The molecule has 2 N–H and O–H groups in total. The van der Waals surface area contributed by atoms with Gasteiger partial charge in [0.1, 0.15) is 23.7 Å². The van der Waals surface area contributed by atoms with Crippen molar-refractivity contribution in [1.29, 1.82) is 0 Å². The van der Waals surface area contributed by atoms with E-state index in [1.165, 1.54) is 5.56 Å². The molecule has 0 amide bonds. The number of aryl methyl sites for hydroxylation is 2. The number of fused-ring (bicyclic) bond motifs is 1. The lowest BCUT2D eigenvalue weighted by atomic mass is 10.0. The normalized spacial score (nSPS) is 13.2. The second-order valence-electron chi connectivity index (χ2n) is 7.22. The molecule has 29 heavy (non-hydrogen) atoms. The molecule has 4 aromatic rings. The number of benzene rings is 3. The maximum Gasteiger partial charge on any atom is 0.135 e. The van der Waals surface area contributed by atoms with Crippen molar-refractivity contribution in [2.75, 3.05) is 12.4 Å². The fourth-order valence-electron chi connectivity index (χ4n) is 3.55. The molecular formula is C24H25N3O2. The second-order valence-corrected chi connectivity index (χ2v) is 7.22. The number of anilines is 1. The van der Waals surface area contributed by atoms with E-state index in [9.17, 15) is 5.11 Å². The maximum atomic E-state index is 11.3. The molecule has 0 unspecified atom stereocenters. The van der Waals surface area contributed by atoms with Gasteiger partial charge in [-0.15, -0.1) is 0 Å². The predicted molar refractivity (Wildman–Crippen MR) is 116 cm³/mol. The topological polar surface area (TPSA) is 59.3 Å². The van der Waals surface area contributed by atoms with Crippen molar-refractivity contribution in [2.24, 2.45) is 7.05 Å². The van der Waals surface area contributed by atoms with E-state index in [4.69, 9.17) is 9.72 Å². The van der Waals surface area contributed by atoms with E-state index in [1.807, 2.05) is 84.4 Å². The van der Waals surface area contributed by atoms with Gasteiger partial charge >= 0.3 is 0 Å². The van der Waals surface area contributed by atoms with Crippen LogP contribution >= 0.6 is 0 Å². The number of aliphatic hydroxyl groups is 1. The van der Waals surface area contributed by atoms with Crippen molar-refractivity contribution in [1.82, 2.24) is 9.55 Å². The highest BCUT2D eigenvalue weighted by atomic mass is 16.5. The number of imidazole rings is 1. The molecule has 4 rings (SSSR count). The molecule has 3 aromatic carbocycles. The summed E-state index contributed by atoms with van der Waals surface area (Å²) in [4.78, 5) is 4.82. The first-order valence-electron chi connectivity index (χ1n) is 9.63. The predicted octanol–water partition coefficient (Wildman–Crippen LogP) is 4.78. The Morgan fingerprint density at radius 1 is 0.966 bits per heavy atom. The van der Waals surface area contributed by atoms with Gasteiger partial charge in [-0.25, -0.2) is 4.98 Å². The Labute approximate surface area is 170 Å². The molecule has 5 heteroatoms. The third-order valence-electron chi connectivity index (χ3n) is 5.25. The Kier molecular flexibility index (Phi) is 5.23. The van der Waals surface area contributed by atoms with Gasteiger partial charge in [0.2, 0.25) is 0 Å². The number of nitrogens with one attached hydrogen (secondary N) is 1. The summed E-state index contributed by atoms with van der Waals surface area (Å²) in [7, 11) is 3.61. The highest BCUT2D eigenvalue weighted by Gasteiger charge is 2.27. The molecule has 5 nitrogen and oxygen atoms in total. The summed E-state index contributed by atoms with van der Waals surface area (Å²) < 4.78 is 7.28. The van der Waals surface area contributed by atoms with Crippen LogP contribution in [0.15, 0.2) is 72.8 Å². The maximum absolute atomic E-state index is 11.3. The summed E-state index contributed by atoms with van der Waals surface area (Å²) in [6, 6.07) is 23.2. The molecule has 0 saturated carbocycles. The van der Waals surface area contributed by atoms with Crippen molar-refractivity contribution in [2.45, 2.75) is 19.1 Å². The number of para-hydroxylation sites is 2. The Bertz CT molecular complexity index is 1100. The van der Waals surface area contributed by atoms with Gasteiger partial charge in [0.05, 0.1) is 18.1 Å². The number of methoxy groups -OCH3 is 1. The monoisotopic (exact) mass is 387 g/mol. The van der Waals surface area contributed by atoms with E-state index in [1.54, 1.807) is 7.11 Å². The van der Waals surface area contributed by atoms with Crippen LogP contribution in [-0.2, 0) is 7.05 Å². The third kappa shape index (κ3) is 3.82. The fraction of sp³-hybridized carbons (Fsp3) is 0.208. The number of hydrogen-bond acceptors (Lipinski definition) is 4. The van der Waals surface area contributed by atoms with Crippen molar-refractivity contribution in [3.63, 3.8) is 0 Å². The average Bonchev–Trinajstić information content (AvgIpc) is 3.09. The van der Waals surface area contributed by atoms with Crippen molar-refractivity contribution in [3.8, 4) is 5.75 Å². The van der Waals surface area contributed by atoms with Crippen LogP contribution in [-0.4, -0.2) is 21.8 Å². The van der Waals surface area contributed by atoms with Crippen LogP contribution < -0.4 is 10.1 Å². The van der Waals surface area contributed by atoms with E-state index in [0.29, 0.717) is 0 Å². The van der Waals surface area contributed by atoms with Crippen molar-refractivity contribution < 1.29 is 9.84 Å². The fourth-order valence-corrected chi connectivity index (χ4v) is 3.55. The van der Waals surface area contributed by atoms with Gasteiger partial charge in [-0.2, -0.15) is 0 Å². The summed E-state index contributed by atoms with van der Waals surface area (Å²) in [5.41, 5.74) is 4.84. The van der Waals surface area contributed by atoms with Crippen LogP contribution in [0.4, 0.5) is 5.69 Å². The average molecular weight is 387 g/mol. The Morgan fingerprint density at radius 3 is 2.31 bits per heavy atom. The first-order valence-corrected chi connectivity index (χ1v) is 9.63. The molecule has 0 radical (unpaired) electrons. The number of hydrogen-bond donors (Lipinski definition) is 2.